The molecule has 1 aliphatic heterocycles. The van der Waals surface area contributed by atoms with E-state index in [1.807, 2.05) is 24.3 Å². The zero-order chi connectivity index (χ0) is 16.4. The van der Waals surface area contributed by atoms with Gasteiger partial charge in [0.05, 0.1) is 15.8 Å². The van der Waals surface area contributed by atoms with E-state index >= 15 is 0 Å². The number of thiazole rings is 1. The first-order chi connectivity index (χ1) is 11.8. The Bertz CT molecular complexity index is 897. The minimum absolute atomic E-state index is 0.536. The first-order valence-electron chi connectivity index (χ1n) is 7.88. The molecule has 1 aromatic carbocycles. The predicted octanol–water partition coefficient (Wildman–Crippen LogP) is 3.75. The van der Waals surface area contributed by atoms with Gasteiger partial charge in [-0.1, -0.05) is 12.1 Å². The smallest absolute Gasteiger partial charge is 0.225 e. The van der Waals surface area contributed by atoms with Crippen LogP contribution < -0.4 is 4.90 Å². The second-order valence-electron chi connectivity index (χ2n) is 5.67. The highest BCUT2D eigenvalue weighted by Gasteiger charge is 2.14. The fourth-order valence-corrected chi connectivity index (χ4v) is 3.71. The van der Waals surface area contributed by atoms with Crippen molar-refractivity contribution in [2.24, 2.45) is 0 Å². The number of anilines is 1. The molecule has 0 atom stereocenters. The maximum atomic E-state index is 9.49. The highest BCUT2D eigenvalue weighted by atomic mass is 32.1. The number of allylic oxidation sites excluding steroid dienone is 1. The number of benzene rings is 1. The zero-order valence-corrected chi connectivity index (χ0v) is 13.8. The minimum Gasteiger partial charge on any atom is -0.341 e. The summed E-state index contributed by atoms with van der Waals surface area (Å²) in [5, 5.41) is 10.2. The summed E-state index contributed by atoms with van der Waals surface area (Å²) in [6, 6.07) is 10.1. The van der Waals surface area contributed by atoms with Gasteiger partial charge in [0.2, 0.25) is 5.95 Å². The summed E-state index contributed by atoms with van der Waals surface area (Å²) in [6.07, 6.45) is 7.73. The first-order valence-corrected chi connectivity index (χ1v) is 8.70. The molecule has 0 radical (unpaired) electrons. The van der Waals surface area contributed by atoms with Crippen LogP contribution in [-0.2, 0) is 0 Å². The molecule has 0 spiro atoms. The summed E-state index contributed by atoms with van der Waals surface area (Å²) in [5.74, 6) is 0.767. The van der Waals surface area contributed by atoms with Crippen LogP contribution in [0, 0.1) is 11.3 Å². The molecule has 0 aliphatic carbocycles. The fraction of sp³-hybridized carbons (Fsp3) is 0.222. The van der Waals surface area contributed by atoms with Crippen LogP contribution in [0.1, 0.15) is 23.4 Å². The average Bonchev–Trinajstić information content (AvgIpc) is 3.29. The van der Waals surface area contributed by atoms with Gasteiger partial charge in [-0.25, -0.2) is 15.0 Å². The first kappa shape index (κ1) is 14.8. The van der Waals surface area contributed by atoms with E-state index < -0.39 is 0 Å². The molecule has 2 aromatic heterocycles. The molecule has 0 bridgehead atoms. The van der Waals surface area contributed by atoms with Crippen molar-refractivity contribution in [2.75, 3.05) is 18.0 Å². The van der Waals surface area contributed by atoms with Crippen molar-refractivity contribution < 1.29 is 0 Å². The minimum atomic E-state index is 0.536. The topological polar surface area (TPSA) is 65.7 Å². The molecule has 0 saturated carbocycles. The van der Waals surface area contributed by atoms with Crippen molar-refractivity contribution in [3.05, 3.63) is 47.2 Å². The molecular weight excluding hydrogens is 318 g/mol. The van der Waals surface area contributed by atoms with E-state index in [1.165, 1.54) is 24.2 Å². The van der Waals surface area contributed by atoms with Crippen molar-refractivity contribution in [2.45, 2.75) is 12.8 Å². The van der Waals surface area contributed by atoms with Gasteiger partial charge in [-0.3, -0.25) is 0 Å². The molecule has 1 aliphatic rings. The molecule has 5 nitrogen and oxygen atoms in total. The molecule has 24 heavy (non-hydrogen) atoms. The maximum Gasteiger partial charge on any atom is 0.225 e. The third-order valence-electron chi connectivity index (χ3n) is 4.00. The predicted molar refractivity (Wildman–Crippen MR) is 96.6 cm³/mol. The standard InChI is InChI=1S/C18H15N5S/c19-10-14(17-22-15-5-1-2-6-16(15)24-17)9-13-11-20-18(21-12-13)23-7-3-4-8-23/h1-2,5-6,9,11-12H,3-4,7-8H2/b14-9+. The molecule has 6 heteroatoms. The van der Waals surface area contributed by atoms with Gasteiger partial charge in [0.1, 0.15) is 11.1 Å². The van der Waals surface area contributed by atoms with E-state index in [2.05, 4.69) is 25.9 Å². The van der Waals surface area contributed by atoms with Crippen LogP contribution in [0.2, 0.25) is 0 Å². The van der Waals surface area contributed by atoms with Crippen molar-refractivity contribution >= 4 is 39.2 Å². The van der Waals surface area contributed by atoms with Gasteiger partial charge in [-0.15, -0.1) is 11.3 Å². The maximum absolute atomic E-state index is 9.49. The number of fused-ring (bicyclic) bond motifs is 1. The average molecular weight is 333 g/mol. The molecule has 0 unspecified atom stereocenters. The lowest BCUT2D eigenvalue weighted by Crippen LogP contribution is -2.20. The number of hydrogen-bond donors (Lipinski definition) is 0. The van der Waals surface area contributed by atoms with E-state index in [4.69, 9.17) is 0 Å². The Balaban J connectivity index is 1.63. The van der Waals surface area contributed by atoms with Gasteiger partial charge < -0.3 is 4.90 Å². The number of nitrogens with zero attached hydrogens (tertiary/aromatic N) is 5. The molecule has 3 heterocycles. The molecule has 1 saturated heterocycles. The number of rotatable bonds is 3. The van der Waals surface area contributed by atoms with E-state index in [1.54, 1.807) is 18.5 Å². The second kappa shape index (κ2) is 6.38. The summed E-state index contributed by atoms with van der Waals surface area (Å²) in [5.41, 5.74) is 2.27. The number of para-hydroxylation sites is 1. The number of nitriles is 1. The van der Waals surface area contributed by atoms with Crippen molar-refractivity contribution in [1.82, 2.24) is 15.0 Å². The normalized spacial score (nSPS) is 15.0. The summed E-state index contributed by atoms with van der Waals surface area (Å²) in [4.78, 5) is 15.6. The summed E-state index contributed by atoms with van der Waals surface area (Å²) in [7, 11) is 0. The van der Waals surface area contributed by atoms with Gasteiger partial charge >= 0.3 is 0 Å². The highest BCUT2D eigenvalue weighted by Crippen LogP contribution is 2.28. The van der Waals surface area contributed by atoms with E-state index in [9.17, 15) is 5.26 Å². The molecule has 4 rings (SSSR count). The molecule has 3 aromatic rings. The van der Waals surface area contributed by atoms with Crippen molar-refractivity contribution in [1.29, 1.82) is 5.26 Å². The quantitative estimate of drug-likeness (QED) is 0.683. The molecule has 0 amide bonds. The Kier molecular flexibility index (Phi) is 3.93. The summed E-state index contributed by atoms with van der Waals surface area (Å²) < 4.78 is 1.08. The molecule has 118 valence electrons. The van der Waals surface area contributed by atoms with Crippen molar-refractivity contribution in [3.8, 4) is 6.07 Å². The molecular formula is C18H15N5S. The monoisotopic (exact) mass is 333 g/mol. The van der Waals surface area contributed by atoms with Gasteiger partial charge in [0.15, 0.2) is 0 Å². The van der Waals surface area contributed by atoms with E-state index in [0.717, 1.165) is 39.8 Å². The fourth-order valence-electron chi connectivity index (χ4n) is 2.78. The number of hydrogen-bond acceptors (Lipinski definition) is 6. The SMILES string of the molecule is N#C/C(=C\c1cnc(N2CCCC2)nc1)c1nc2ccccc2s1. The highest BCUT2D eigenvalue weighted by molar-refractivity contribution is 7.19. The Morgan fingerprint density at radius 3 is 2.62 bits per heavy atom. The Morgan fingerprint density at radius 2 is 1.92 bits per heavy atom. The second-order valence-corrected chi connectivity index (χ2v) is 6.70. The van der Waals surface area contributed by atoms with Crippen LogP contribution in [0.4, 0.5) is 5.95 Å². The van der Waals surface area contributed by atoms with Gasteiger partial charge in [-0.05, 0) is 31.1 Å². The van der Waals surface area contributed by atoms with Crippen LogP contribution in [0.5, 0.6) is 0 Å². The number of aromatic nitrogens is 3. The Labute approximate surface area is 143 Å². The zero-order valence-electron chi connectivity index (χ0n) is 13.0. The molecule has 1 fully saturated rings. The summed E-state index contributed by atoms with van der Waals surface area (Å²) in [6.45, 7) is 2.04. The van der Waals surface area contributed by atoms with Crippen LogP contribution >= 0.6 is 11.3 Å². The third kappa shape index (κ3) is 2.86. The summed E-state index contributed by atoms with van der Waals surface area (Å²) >= 11 is 1.52. The van der Waals surface area contributed by atoms with Gasteiger partial charge in [-0.2, -0.15) is 5.26 Å². The van der Waals surface area contributed by atoms with Crippen molar-refractivity contribution in [3.63, 3.8) is 0 Å². The molecule has 0 N–H and O–H groups in total. The van der Waals surface area contributed by atoms with Crippen LogP contribution in [0.25, 0.3) is 21.9 Å². The van der Waals surface area contributed by atoms with Gasteiger partial charge in [0.25, 0.3) is 0 Å². The Morgan fingerprint density at radius 1 is 1.17 bits per heavy atom. The van der Waals surface area contributed by atoms with E-state index in [-0.39, 0.29) is 0 Å². The third-order valence-corrected chi connectivity index (χ3v) is 5.07. The largest absolute Gasteiger partial charge is 0.341 e. The lowest BCUT2D eigenvalue weighted by Gasteiger charge is -2.14. The lowest BCUT2D eigenvalue weighted by molar-refractivity contribution is 0.897. The van der Waals surface area contributed by atoms with Crippen LogP contribution in [0.3, 0.4) is 0 Å². The van der Waals surface area contributed by atoms with Gasteiger partial charge in [0, 0.05) is 31.0 Å². The van der Waals surface area contributed by atoms with Crippen LogP contribution in [0.15, 0.2) is 36.7 Å². The Hall–Kier alpha value is -2.78. The van der Waals surface area contributed by atoms with Crippen LogP contribution in [-0.4, -0.2) is 28.0 Å². The lowest BCUT2D eigenvalue weighted by atomic mass is 10.2. The van der Waals surface area contributed by atoms with E-state index in [0.29, 0.717) is 5.57 Å².